The molecule has 1 aromatic rings. The van der Waals surface area contributed by atoms with E-state index >= 15 is 0 Å². The zero-order valence-electron chi connectivity index (χ0n) is 11.2. The molecule has 0 atom stereocenters. The van der Waals surface area contributed by atoms with Crippen molar-refractivity contribution in [1.82, 2.24) is 4.72 Å². The van der Waals surface area contributed by atoms with Gasteiger partial charge in [0.1, 0.15) is 4.90 Å². The van der Waals surface area contributed by atoms with E-state index in [1.165, 1.54) is 6.07 Å². The number of sulfonamides is 1. The SMILES string of the molecule is CCCC1(CNS(=O)(=O)c2cc(Cl)cc(N)c2F)CC1. The molecule has 0 radical (unpaired) electrons. The van der Waals surface area contributed by atoms with Gasteiger partial charge < -0.3 is 5.73 Å². The maximum atomic E-state index is 13.9. The minimum atomic E-state index is -3.94. The Morgan fingerprint density at radius 3 is 2.65 bits per heavy atom. The Bertz CT molecular complexity index is 615. The Balaban J connectivity index is 2.19. The average Bonchev–Trinajstić information content (AvgIpc) is 3.12. The molecule has 1 saturated carbocycles. The predicted octanol–water partition coefficient (Wildman–Crippen LogP) is 2.92. The van der Waals surface area contributed by atoms with E-state index in [0.29, 0.717) is 6.54 Å². The van der Waals surface area contributed by atoms with E-state index in [2.05, 4.69) is 11.6 Å². The molecule has 4 nitrogen and oxygen atoms in total. The standard InChI is InChI=1S/C13H18ClFN2O2S/c1-2-3-13(4-5-13)8-17-20(18,19)11-7-9(14)6-10(16)12(11)15/h6-7,17H,2-5,8,16H2,1H3. The highest BCUT2D eigenvalue weighted by Gasteiger charge is 2.42. The van der Waals surface area contributed by atoms with E-state index < -0.39 is 20.7 Å². The summed E-state index contributed by atoms with van der Waals surface area (Å²) in [5, 5.41) is 0.0963. The van der Waals surface area contributed by atoms with Gasteiger partial charge in [0.15, 0.2) is 5.82 Å². The van der Waals surface area contributed by atoms with Gasteiger partial charge in [0.2, 0.25) is 10.0 Å². The van der Waals surface area contributed by atoms with Crippen LogP contribution in [0.5, 0.6) is 0 Å². The maximum Gasteiger partial charge on any atom is 0.243 e. The number of halogens is 2. The van der Waals surface area contributed by atoms with Gasteiger partial charge in [0, 0.05) is 11.6 Å². The second-order valence-corrected chi connectivity index (χ2v) is 7.55. The van der Waals surface area contributed by atoms with Crippen molar-refractivity contribution >= 4 is 27.3 Å². The summed E-state index contributed by atoms with van der Waals surface area (Å²) in [6.07, 6.45) is 3.98. The molecule has 0 heterocycles. The quantitative estimate of drug-likeness (QED) is 0.792. The van der Waals surface area contributed by atoms with Crippen molar-refractivity contribution in [3.63, 3.8) is 0 Å². The molecule has 0 bridgehead atoms. The molecule has 0 aliphatic heterocycles. The van der Waals surface area contributed by atoms with Crippen LogP contribution in [0.2, 0.25) is 5.02 Å². The van der Waals surface area contributed by atoms with Crippen LogP contribution in [0.4, 0.5) is 10.1 Å². The largest absolute Gasteiger partial charge is 0.396 e. The molecule has 1 fully saturated rings. The van der Waals surface area contributed by atoms with Crippen LogP contribution in [-0.4, -0.2) is 15.0 Å². The molecule has 0 spiro atoms. The topological polar surface area (TPSA) is 72.2 Å². The van der Waals surface area contributed by atoms with E-state index in [1.807, 2.05) is 0 Å². The second kappa shape index (κ2) is 5.50. The molecule has 1 aliphatic rings. The van der Waals surface area contributed by atoms with Gasteiger partial charge in [-0.05, 0) is 36.8 Å². The van der Waals surface area contributed by atoms with Crippen LogP contribution in [0, 0.1) is 11.2 Å². The highest BCUT2D eigenvalue weighted by Crippen LogP contribution is 2.49. The molecule has 0 amide bonds. The van der Waals surface area contributed by atoms with E-state index in [9.17, 15) is 12.8 Å². The van der Waals surface area contributed by atoms with Crippen LogP contribution in [0.15, 0.2) is 17.0 Å². The van der Waals surface area contributed by atoms with Crippen LogP contribution >= 0.6 is 11.6 Å². The summed E-state index contributed by atoms with van der Waals surface area (Å²) in [6, 6.07) is 2.27. The van der Waals surface area contributed by atoms with Crippen LogP contribution in [0.1, 0.15) is 32.6 Å². The average molecular weight is 321 g/mol. The van der Waals surface area contributed by atoms with Crippen molar-refractivity contribution in [2.45, 2.75) is 37.5 Å². The number of nitrogen functional groups attached to an aromatic ring is 1. The van der Waals surface area contributed by atoms with Crippen molar-refractivity contribution in [1.29, 1.82) is 0 Å². The van der Waals surface area contributed by atoms with Gasteiger partial charge in [0.05, 0.1) is 5.69 Å². The number of rotatable bonds is 6. The second-order valence-electron chi connectivity index (χ2n) is 5.38. The van der Waals surface area contributed by atoms with Gasteiger partial charge in [-0.1, -0.05) is 24.9 Å². The molecule has 0 saturated heterocycles. The highest BCUT2D eigenvalue weighted by atomic mass is 35.5. The molecule has 1 aliphatic carbocycles. The predicted molar refractivity (Wildman–Crippen MR) is 77.6 cm³/mol. The van der Waals surface area contributed by atoms with Crippen LogP contribution in [0.3, 0.4) is 0 Å². The van der Waals surface area contributed by atoms with Gasteiger partial charge in [-0.3, -0.25) is 0 Å². The lowest BCUT2D eigenvalue weighted by atomic mass is 10.0. The first kappa shape index (κ1) is 15.5. The third-order valence-corrected chi connectivity index (χ3v) is 5.31. The molecule has 1 aromatic carbocycles. The Morgan fingerprint density at radius 1 is 1.45 bits per heavy atom. The third kappa shape index (κ3) is 3.24. The highest BCUT2D eigenvalue weighted by molar-refractivity contribution is 7.89. The lowest BCUT2D eigenvalue weighted by Crippen LogP contribution is -2.31. The first-order valence-corrected chi connectivity index (χ1v) is 8.40. The maximum absolute atomic E-state index is 13.9. The Morgan fingerprint density at radius 2 is 2.10 bits per heavy atom. The van der Waals surface area contributed by atoms with E-state index in [0.717, 1.165) is 31.7 Å². The number of benzene rings is 1. The zero-order chi connectivity index (χ0) is 15.0. The number of anilines is 1. The van der Waals surface area contributed by atoms with Crippen molar-refractivity contribution in [2.24, 2.45) is 5.41 Å². The minimum Gasteiger partial charge on any atom is -0.396 e. The lowest BCUT2D eigenvalue weighted by Gasteiger charge is -2.15. The minimum absolute atomic E-state index is 0.0441. The molecular formula is C13H18ClFN2O2S. The summed E-state index contributed by atoms with van der Waals surface area (Å²) in [5.74, 6) is -0.956. The molecule has 3 N–H and O–H groups in total. The fourth-order valence-corrected chi connectivity index (χ4v) is 3.91. The molecule has 7 heteroatoms. The fraction of sp³-hybridized carbons (Fsp3) is 0.538. The van der Waals surface area contributed by atoms with Crippen molar-refractivity contribution in [2.75, 3.05) is 12.3 Å². The van der Waals surface area contributed by atoms with Crippen molar-refractivity contribution in [3.8, 4) is 0 Å². The lowest BCUT2D eigenvalue weighted by molar-refractivity contribution is 0.448. The number of nitrogens with one attached hydrogen (secondary N) is 1. The van der Waals surface area contributed by atoms with E-state index in [1.54, 1.807) is 0 Å². The Labute approximate surface area is 123 Å². The summed E-state index contributed by atoms with van der Waals surface area (Å²) in [7, 11) is -3.94. The molecular weight excluding hydrogens is 303 g/mol. The van der Waals surface area contributed by atoms with Gasteiger partial charge in [0.25, 0.3) is 0 Å². The van der Waals surface area contributed by atoms with Crippen LogP contribution in [-0.2, 0) is 10.0 Å². The van der Waals surface area contributed by atoms with E-state index in [4.69, 9.17) is 17.3 Å². The summed E-state index contributed by atoms with van der Waals surface area (Å²) in [4.78, 5) is -0.491. The van der Waals surface area contributed by atoms with Crippen LogP contribution < -0.4 is 10.5 Å². The summed E-state index contributed by atoms with van der Waals surface area (Å²) < 4.78 is 40.7. The summed E-state index contributed by atoms with van der Waals surface area (Å²) in [5.41, 5.74) is 5.18. The Hall–Kier alpha value is -0.850. The molecule has 0 aromatic heterocycles. The van der Waals surface area contributed by atoms with Gasteiger partial charge >= 0.3 is 0 Å². The number of nitrogens with two attached hydrogens (primary N) is 1. The van der Waals surface area contributed by atoms with Gasteiger partial charge in [-0.2, -0.15) is 0 Å². The van der Waals surface area contributed by atoms with Crippen molar-refractivity contribution < 1.29 is 12.8 Å². The van der Waals surface area contributed by atoms with Crippen molar-refractivity contribution in [3.05, 3.63) is 23.0 Å². The van der Waals surface area contributed by atoms with Gasteiger partial charge in [-0.25, -0.2) is 17.5 Å². The molecule has 20 heavy (non-hydrogen) atoms. The van der Waals surface area contributed by atoms with Crippen LogP contribution in [0.25, 0.3) is 0 Å². The zero-order valence-corrected chi connectivity index (χ0v) is 12.8. The molecule has 0 unspecified atom stereocenters. The number of hydrogen-bond acceptors (Lipinski definition) is 3. The van der Waals surface area contributed by atoms with Gasteiger partial charge in [-0.15, -0.1) is 0 Å². The fourth-order valence-electron chi connectivity index (χ4n) is 2.33. The summed E-state index contributed by atoms with van der Waals surface area (Å²) >= 11 is 5.74. The number of hydrogen-bond donors (Lipinski definition) is 2. The summed E-state index contributed by atoms with van der Waals surface area (Å²) in [6.45, 7) is 2.39. The monoisotopic (exact) mass is 320 g/mol. The molecule has 2 rings (SSSR count). The Kier molecular flexibility index (Phi) is 4.27. The third-order valence-electron chi connectivity index (χ3n) is 3.70. The van der Waals surface area contributed by atoms with E-state index in [-0.39, 0.29) is 16.1 Å². The normalized spacial score (nSPS) is 17.1. The first-order valence-electron chi connectivity index (χ1n) is 6.54. The smallest absolute Gasteiger partial charge is 0.243 e. The molecule has 112 valence electrons. The first-order chi connectivity index (χ1) is 9.30.